The minimum Gasteiger partial charge on any atom is -0.334 e. The van der Waals surface area contributed by atoms with Gasteiger partial charge >= 0.3 is 5.69 Å². The van der Waals surface area contributed by atoms with Gasteiger partial charge in [-0.25, -0.2) is 9.97 Å². The third kappa shape index (κ3) is 3.73. The number of hydrogen-bond donors (Lipinski definition) is 2. The number of anilines is 4. The van der Waals surface area contributed by atoms with Gasteiger partial charge in [0.15, 0.2) is 0 Å². The lowest BCUT2D eigenvalue weighted by molar-refractivity contribution is -0.383. The number of rotatable bonds is 5. The van der Waals surface area contributed by atoms with Gasteiger partial charge in [-0.3, -0.25) is 10.1 Å². The topological polar surface area (TPSA) is 93.0 Å². The molecular weight excluding hydrogens is 354 g/mol. The number of aryl methyl sites for hydroxylation is 2. The van der Waals surface area contributed by atoms with Gasteiger partial charge in [0.25, 0.3) is 0 Å². The van der Waals surface area contributed by atoms with Crippen LogP contribution in [0.25, 0.3) is 0 Å². The summed E-state index contributed by atoms with van der Waals surface area (Å²) in [5.74, 6) is 0.166. The summed E-state index contributed by atoms with van der Waals surface area (Å²) in [5, 5.41) is 18.1. The van der Waals surface area contributed by atoms with E-state index in [1.165, 1.54) is 6.33 Å². The van der Waals surface area contributed by atoms with E-state index in [-0.39, 0.29) is 17.3 Å². The zero-order valence-electron chi connectivity index (χ0n) is 14.2. The van der Waals surface area contributed by atoms with E-state index in [9.17, 15) is 10.1 Å². The van der Waals surface area contributed by atoms with Gasteiger partial charge in [0.1, 0.15) is 6.33 Å². The van der Waals surface area contributed by atoms with Crippen molar-refractivity contribution in [1.82, 2.24) is 9.97 Å². The van der Waals surface area contributed by atoms with Crippen LogP contribution in [0.15, 0.2) is 48.8 Å². The Hall–Kier alpha value is -3.19. The monoisotopic (exact) mass is 369 g/mol. The van der Waals surface area contributed by atoms with Crippen LogP contribution in [0.2, 0.25) is 5.02 Å². The summed E-state index contributed by atoms with van der Waals surface area (Å²) < 4.78 is 0. The number of benzene rings is 2. The fraction of sp³-hybridized carbons (Fsp3) is 0.111. The van der Waals surface area contributed by atoms with E-state index in [0.29, 0.717) is 10.7 Å². The first-order chi connectivity index (χ1) is 12.5. The molecular formula is C18H16ClN5O2. The molecule has 0 fully saturated rings. The van der Waals surface area contributed by atoms with Crippen molar-refractivity contribution in [2.45, 2.75) is 13.8 Å². The van der Waals surface area contributed by atoms with Crippen molar-refractivity contribution >= 4 is 40.3 Å². The number of hydrogen-bond acceptors (Lipinski definition) is 6. The molecule has 1 aromatic heterocycles. The predicted octanol–water partition coefficient (Wildman–Crippen LogP) is 5.14. The van der Waals surface area contributed by atoms with Crippen LogP contribution in [0.3, 0.4) is 0 Å². The molecule has 0 bridgehead atoms. The molecule has 0 radical (unpaired) electrons. The largest absolute Gasteiger partial charge is 0.353 e. The highest BCUT2D eigenvalue weighted by Crippen LogP contribution is 2.35. The van der Waals surface area contributed by atoms with Gasteiger partial charge < -0.3 is 10.6 Å². The molecule has 0 amide bonds. The Morgan fingerprint density at radius 2 is 1.65 bits per heavy atom. The zero-order chi connectivity index (χ0) is 18.7. The molecule has 26 heavy (non-hydrogen) atoms. The highest BCUT2D eigenvalue weighted by atomic mass is 35.5. The molecule has 0 unspecified atom stereocenters. The molecule has 0 aliphatic heterocycles. The second-order valence-corrected chi connectivity index (χ2v) is 6.13. The van der Waals surface area contributed by atoms with E-state index in [2.05, 4.69) is 20.6 Å². The minimum atomic E-state index is -0.521. The first-order valence-corrected chi connectivity index (χ1v) is 8.18. The normalized spacial score (nSPS) is 10.4. The summed E-state index contributed by atoms with van der Waals surface area (Å²) in [7, 11) is 0. The van der Waals surface area contributed by atoms with Gasteiger partial charge in [-0.1, -0.05) is 35.9 Å². The summed E-state index contributed by atoms with van der Waals surface area (Å²) >= 11 is 6.12. The third-order valence-corrected chi connectivity index (χ3v) is 4.11. The molecule has 8 heteroatoms. The van der Waals surface area contributed by atoms with Crippen molar-refractivity contribution in [2.24, 2.45) is 0 Å². The van der Waals surface area contributed by atoms with E-state index in [4.69, 9.17) is 11.6 Å². The number of nitrogens with one attached hydrogen (secondary N) is 2. The van der Waals surface area contributed by atoms with Crippen molar-refractivity contribution in [2.75, 3.05) is 10.6 Å². The maximum absolute atomic E-state index is 11.7. The summed E-state index contributed by atoms with van der Waals surface area (Å²) in [6.45, 7) is 3.86. The van der Waals surface area contributed by atoms with E-state index >= 15 is 0 Å². The highest BCUT2D eigenvalue weighted by molar-refractivity contribution is 6.33. The Labute approximate surface area is 155 Å². The standard InChI is InChI=1S/C18H16ClN5O2/c1-11-7-8-12(2)15(9-11)23-18-16(24(25)26)17(20-10-21-18)22-14-6-4-3-5-13(14)19/h3-10H,1-2H3,(H2,20,21,22,23). The van der Waals surface area contributed by atoms with Crippen LogP contribution in [0.1, 0.15) is 11.1 Å². The van der Waals surface area contributed by atoms with Gasteiger partial charge in [0.05, 0.1) is 15.6 Å². The summed E-state index contributed by atoms with van der Waals surface area (Å²) in [5.41, 5.74) is 2.99. The molecule has 2 aromatic carbocycles. The minimum absolute atomic E-state index is 0.0610. The molecule has 0 aliphatic carbocycles. The van der Waals surface area contributed by atoms with Crippen molar-refractivity contribution < 1.29 is 4.92 Å². The van der Waals surface area contributed by atoms with E-state index in [1.807, 2.05) is 32.0 Å². The second-order valence-electron chi connectivity index (χ2n) is 5.72. The molecule has 0 aliphatic rings. The maximum atomic E-state index is 11.7. The molecule has 7 nitrogen and oxygen atoms in total. The first kappa shape index (κ1) is 17.6. The quantitative estimate of drug-likeness (QED) is 0.477. The average Bonchev–Trinajstić information content (AvgIpc) is 2.60. The Bertz CT molecular complexity index is 978. The molecule has 0 saturated carbocycles. The number of halogens is 1. The molecule has 0 spiro atoms. The lowest BCUT2D eigenvalue weighted by Crippen LogP contribution is -2.06. The van der Waals surface area contributed by atoms with E-state index in [1.54, 1.807) is 24.3 Å². The second kappa shape index (κ2) is 7.37. The number of nitro groups is 1. The Morgan fingerprint density at radius 3 is 2.31 bits per heavy atom. The highest BCUT2D eigenvalue weighted by Gasteiger charge is 2.24. The molecule has 0 saturated heterocycles. The number of aromatic nitrogens is 2. The third-order valence-electron chi connectivity index (χ3n) is 3.78. The Balaban J connectivity index is 2.03. The van der Waals surface area contributed by atoms with E-state index < -0.39 is 4.92 Å². The van der Waals surface area contributed by atoms with Crippen molar-refractivity contribution in [3.63, 3.8) is 0 Å². The molecule has 1 heterocycles. The van der Waals surface area contributed by atoms with Gasteiger partial charge in [0.2, 0.25) is 11.6 Å². The predicted molar refractivity (Wildman–Crippen MR) is 103 cm³/mol. The van der Waals surface area contributed by atoms with Crippen LogP contribution in [0, 0.1) is 24.0 Å². The van der Waals surface area contributed by atoms with Crippen molar-refractivity contribution in [1.29, 1.82) is 0 Å². The molecule has 0 atom stereocenters. The summed E-state index contributed by atoms with van der Waals surface area (Å²) in [6, 6.07) is 12.8. The summed E-state index contributed by atoms with van der Waals surface area (Å²) in [6.07, 6.45) is 1.26. The van der Waals surface area contributed by atoms with Crippen molar-refractivity contribution in [3.8, 4) is 0 Å². The summed E-state index contributed by atoms with van der Waals surface area (Å²) in [4.78, 5) is 19.2. The smallest absolute Gasteiger partial charge is 0.334 e. The van der Waals surface area contributed by atoms with E-state index in [0.717, 1.165) is 16.8 Å². The fourth-order valence-electron chi connectivity index (χ4n) is 2.42. The van der Waals surface area contributed by atoms with Gasteiger partial charge in [-0.15, -0.1) is 0 Å². The first-order valence-electron chi connectivity index (χ1n) is 7.81. The van der Waals surface area contributed by atoms with Gasteiger partial charge in [0, 0.05) is 5.69 Å². The van der Waals surface area contributed by atoms with Gasteiger partial charge in [-0.05, 0) is 43.2 Å². The average molecular weight is 370 g/mol. The van der Waals surface area contributed by atoms with Crippen LogP contribution in [-0.2, 0) is 0 Å². The molecule has 2 N–H and O–H groups in total. The fourth-order valence-corrected chi connectivity index (χ4v) is 2.61. The van der Waals surface area contributed by atoms with Crippen molar-refractivity contribution in [3.05, 3.63) is 75.1 Å². The molecule has 3 aromatic rings. The number of nitrogens with zero attached hydrogens (tertiary/aromatic N) is 3. The van der Waals surface area contributed by atoms with Gasteiger partial charge in [-0.2, -0.15) is 0 Å². The Morgan fingerprint density at radius 1 is 1.00 bits per heavy atom. The van der Waals surface area contributed by atoms with Crippen LogP contribution >= 0.6 is 11.6 Å². The van der Waals surface area contributed by atoms with Crippen LogP contribution in [0.4, 0.5) is 28.7 Å². The molecule has 132 valence electrons. The SMILES string of the molecule is Cc1ccc(C)c(Nc2ncnc(Nc3ccccc3Cl)c2[N+](=O)[O-])c1. The molecule has 3 rings (SSSR count). The number of para-hydroxylation sites is 1. The van der Waals surface area contributed by atoms with Crippen LogP contribution in [0.5, 0.6) is 0 Å². The maximum Gasteiger partial charge on any atom is 0.353 e. The van der Waals surface area contributed by atoms with Crippen LogP contribution < -0.4 is 10.6 Å². The van der Waals surface area contributed by atoms with Crippen LogP contribution in [-0.4, -0.2) is 14.9 Å². The lowest BCUT2D eigenvalue weighted by atomic mass is 10.1. The Kier molecular flexibility index (Phi) is 4.99. The zero-order valence-corrected chi connectivity index (χ0v) is 14.9. The lowest BCUT2D eigenvalue weighted by Gasteiger charge is -2.12.